The minimum atomic E-state index is -4.65. The van der Waals surface area contributed by atoms with Gasteiger partial charge in [-0.2, -0.15) is 13.2 Å². The molecule has 0 heterocycles. The number of halogens is 4. The number of hydrogen-bond acceptors (Lipinski definition) is 3. The molecule has 0 spiro atoms. The van der Waals surface area contributed by atoms with E-state index in [9.17, 15) is 27.2 Å². The standard InChI is InChI=1S/C13H14F4N2O3/c1-7(11(20)22-2)6-18-12(21)19-10-5-8(13(15,16)17)3-4-9(10)14/h3-5,7H,6H2,1-2H3,(H2,18,19,21)/t7-/m0/s1. The van der Waals surface area contributed by atoms with Crippen LogP contribution < -0.4 is 10.6 Å². The van der Waals surface area contributed by atoms with Crippen molar-refractivity contribution in [2.75, 3.05) is 19.0 Å². The molecule has 0 bridgehead atoms. The van der Waals surface area contributed by atoms with Gasteiger partial charge in [0.15, 0.2) is 0 Å². The van der Waals surface area contributed by atoms with Gasteiger partial charge in [0.25, 0.3) is 0 Å². The van der Waals surface area contributed by atoms with Crippen molar-refractivity contribution in [3.05, 3.63) is 29.6 Å². The number of anilines is 1. The van der Waals surface area contributed by atoms with E-state index in [1.807, 2.05) is 5.32 Å². The first-order valence-electron chi connectivity index (χ1n) is 6.14. The molecule has 0 saturated carbocycles. The predicted molar refractivity (Wildman–Crippen MR) is 69.6 cm³/mol. The van der Waals surface area contributed by atoms with Crippen LogP contribution in [0.3, 0.4) is 0 Å². The highest BCUT2D eigenvalue weighted by atomic mass is 19.4. The fraction of sp³-hybridized carbons (Fsp3) is 0.385. The van der Waals surface area contributed by atoms with Crippen molar-refractivity contribution >= 4 is 17.7 Å². The molecule has 5 nitrogen and oxygen atoms in total. The van der Waals surface area contributed by atoms with E-state index in [0.717, 1.165) is 0 Å². The third-order valence-electron chi connectivity index (χ3n) is 2.71. The third kappa shape index (κ3) is 4.90. The summed E-state index contributed by atoms with van der Waals surface area (Å²) in [6, 6.07) is 0.723. The number of benzene rings is 1. The summed E-state index contributed by atoms with van der Waals surface area (Å²) in [7, 11) is 1.18. The third-order valence-corrected chi connectivity index (χ3v) is 2.71. The first kappa shape index (κ1) is 17.7. The Hall–Kier alpha value is -2.32. The van der Waals surface area contributed by atoms with Crippen LogP contribution >= 0.6 is 0 Å². The molecule has 9 heteroatoms. The van der Waals surface area contributed by atoms with Crippen LogP contribution in [0.15, 0.2) is 18.2 Å². The molecule has 0 aromatic heterocycles. The summed E-state index contributed by atoms with van der Waals surface area (Å²) < 4.78 is 55.4. The molecule has 0 aliphatic carbocycles. The number of alkyl halides is 3. The van der Waals surface area contributed by atoms with Gasteiger partial charge in [-0.15, -0.1) is 0 Å². The van der Waals surface area contributed by atoms with Crippen molar-refractivity contribution in [2.45, 2.75) is 13.1 Å². The Morgan fingerprint density at radius 3 is 2.50 bits per heavy atom. The van der Waals surface area contributed by atoms with Crippen LogP contribution in [0, 0.1) is 11.7 Å². The van der Waals surface area contributed by atoms with E-state index >= 15 is 0 Å². The van der Waals surface area contributed by atoms with Crippen molar-refractivity contribution in [3.8, 4) is 0 Å². The summed E-state index contributed by atoms with van der Waals surface area (Å²) in [6.07, 6.45) is -4.65. The zero-order valence-corrected chi connectivity index (χ0v) is 11.8. The number of carbonyl (C=O) groups is 2. The van der Waals surface area contributed by atoms with Gasteiger partial charge in [-0.05, 0) is 18.2 Å². The number of carbonyl (C=O) groups excluding carboxylic acids is 2. The van der Waals surface area contributed by atoms with Crippen LogP contribution in [0.1, 0.15) is 12.5 Å². The van der Waals surface area contributed by atoms with Crippen LogP contribution in [-0.4, -0.2) is 25.7 Å². The van der Waals surface area contributed by atoms with E-state index in [-0.39, 0.29) is 6.54 Å². The normalized spacial score (nSPS) is 12.5. The first-order valence-corrected chi connectivity index (χ1v) is 6.14. The molecular weight excluding hydrogens is 308 g/mol. The summed E-state index contributed by atoms with van der Waals surface area (Å²) in [5.41, 5.74) is -1.70. The maximum atomic E-state index is 13.4. The lowest BCUT2D eigenvalue weighted by atomic mass is 10.2. The molecule has 0 fully saturated rings. The number of nitrogens with one attached hydrogen (secondary N) is 2. The smallest absolute Gasteiger partial charge is 0.416 e. The van der Waals surface area contributed by atoms with Crippen molar-refractivity contribution in [1.82, 2.24) is 5.32 Å². The van der Waals surface area contributed by atoms with Gasteiger partial charge in [0.1, 0.15) is 5.82 Å². The van der Waals surface area contributed by atoms with Gasteiger partial charge in [-0.25, -0.2) is 9.18 Å². The van der Waals surface area contributed by atoms with Gasteiger partial charge in [-0.1, -0.05) is 6.92 Å². The molecule has 1 aromatic rings. The van der Waals surface area contributed by atoms with E-state index < -0.39 is 41.2 Å². The molecule has 0 aliphatic heterocycles. The number of esters is 1. The molecule has 22 heavy (non-hydrogen) atoms. The van der Waals surface area contributed by atoms with Gasteiger partial charge < -0.3 is 15.4 Å². The van der Waals surface area contributed by atoms with Gasteiger partial charge in [-0.3, -0.25) is 4.79 Å². The Bertz CT molecular complexity index is 561. The fourth-order valence-electron chi connectivity index (χ4n) is 1.49. The van der Waals surface area contributed by atoms with Gasteiger partial charge in [0.2, 0.25) is 0 Å². The SMILES string of the molecule is COC(=O)[C@@H](C)CNC(=O)Nc1cc(C(F)(F)F)ccc1F. The van der Waals surface area contributed by atoms with Crippen LogP contribution in [0.2, 0.25) is 0 Å². The van der Waals surface area contributed by atoms with Crippen LogP contribution in [-0.2, 0) is 15.7 Å². The lowest BCUT2D eigenvalue weighted by Crippen LogP contribution is -2.35. The minimum Gasteiger partial charge on any atom is -0.469 e. The zero-order valence-electron chi connectivity index (χ0n) is 11.8. The highest BCUT2D eigenvalue weighted by molar-refractivity contribution is 5.89. The lowest BCUT2D eigenvalue weighted by molar-refractivity contribution is -0.144. The number of amides is 2. The summed E-state index contributed by atoms with van der Waals surface area (Å²) in [5, 5.41) is 4.19. The van der Waals surface area contributed by atoms with Crippen molar-refractivity contribution < 1.29 is 31.9 Å². The largest absolute Gasteiger partial charge is 0.469 e. The highest BCUT2D eigenvalue weighted by Crippen LogP contribution is 2.31. The summed E-state index contributed by atoms with van der Waals surface area (Å²) in [6.45, 7) is 1.37. The van der Waals surface area contributed by atoms with Crippen LogP contribution in [0.4, 0.5) is 28.0 Å². The van der Waals surface area contributed by atoms with Crippen molar-refractivity contribution in [1.29, 1.82) is 0 Å². The monoisotopic (exact) mass is 322 g/mol. The maximum Gasteiger partial charge on any atom is 0.416 e. The van der Waals surface area contributed by atoms with Crippen molar-refractivity contribution in [3.63, 3.8) is 0 Å². The number of ether oxygens (including phenoxy) is 1. The van der Waals surface area contributed by atoms with E-state index in [2.05, 4.69) is 10.1 Å². The Morgan fingerprint density at radius 1 is 1.32 bits per heavy atom. The first-order chi connectivity index (χ1) is 10.1. The van der Waals surface area contributed by atoms with E-state index in [0.29, 0.717) is 18.2 Å². The zero-order chi connectivity index (χ0) is 16.9. The molecule has 0 saturated heterocycles. The number of rotatable bonds is 4. The molecular formula is C13H14F4N2O3. The van der Waals surface area contributed by atoms with Gasteiger partial charge >= 0.3 is 18.2 Å². The molecule has 2 N–H and O–H groups in total. The lowest BCUT2D eigenvalue weighted by Gasteiger charge is -2.13. The summed E-state index contributed by atoms with van der Waals surface area (Å²) >= 11 is 0. The molecule has 1 rings (SSSR count). The van der Waals surface area contributed by atoms with Crippen LogP contribution in [0.25, 0.3) is 0 Å². The predicted octanol–water partition coefficient (Wildman–Crippen LogP) is 2.78. The Labute approximate surface area is 123 Å². The number of methoxy groups -OCH3 is 1. The topological polar surface area (TPSA) is 67.4 Å². The molecule has 0 radical (unpaired) electrons. The summed E-state index contributed by atoms with van der Waals surface area (Å²) in [4.78, 5) is 22.6. The quantitative estimate of drug-likeness (QED) is 0.662. The Kier molecular flexibility index (Phi) is 5.72. The Balaban J connectivity index is 2.70. The maximum absolute atomic E-state index is 13.4. The molecule has 2 amide bonds. The molecule has 1 atom stereocenters. The molecule has 0 unspecified atom stereocenters. The molecule has 1 aromatic carbocycles. The molecule has 0 aliphatic rings. The highest BCUT2D eigenvalue weighted by Gasteiger charge is 2.31. The van der Waals surface area contributed by atoms with Gasteiger partial charge in [0.05, 0.1) is 24.3 Å². The number of urea groups is 1. The van der Waals surface area contributed by atoms with E-state index in [4.69, 9.17) is 0 Å². The van der Waals surface area contributed by atoms with Crippen molar-refractivity contribution in [2.24, 2.45) is 5.92 Å². The second-order valence-electron chi connectivity index (χ2n) is 4.45. The fourth-order valence-corrected chi connectivity index (χ4v) is 1.49. The average molecular weight is 322 g/mol. The molecule has 122 valence electrons. The average Bonchev–Trinajstić information content (AvgIpc) is 2.44. The second-order valence-corrected chi connectivity index (χ2v) is 4.45. The second kappa shape index (κ2) is 7.10. The summed E-state index contributed by atoms with van der Waals surface area (Å²) in [5.74, 6) is -2.23. The minimum absolute atomic E-state index is 0.112. The van der Waals surface area contributed by atoms with E-state index in [1.54, 1.807) is 0 Å². The Morgan fingerprint density at radius 2 is 1.95 bits per heavy atom. The van der Waals surface area contributed by atoms with Crippen LogP contribution in [0.5, 0.6) is 0 Å². The number of hydrogen-bond donors (Lipinski definition) is 2. The van der Waals surface area contributed by atoms with E-state index in [1.165, 1.54) is 14.0 Å². The van der Waals surface area contributed by atoms with Gasteiger partial charge in [0, 0.05) is 6.54 Å².